The molecule has 0 radical (unpaired) electrons. The first-order valence-corrected chi connectivity index (χ1v) is 10.9. The van der Waals surface area contributed by atoms with Crippen molar-refractivity contribution >= 4 is 15.9 Å². The highest BCUT2D eigenvalue weighted by atomic mass is 32.2. The van der Waals surface area contributed by atoms with Crippen molar-refractivity contribution in [1.29, 1.82) is 0 Å². The zero-order valence-electron chi connectivity index (χ0n) is 16.2. The van der Waals surface area contributed by atoms with Crippen LogP contribution in [0.1, 0.15) is 52.4 Å². The number of piperidine rings is 1. The SMILES string of the molecule is Cc1ccc(CNC(=O)c2nc(C)n(C3CCN(S(C)(=O)=O)CC3)c2C)o1. The molecule has 0 spiro atoms. The number of carbonyl (C=O) groups excluding carboxylic acids is 1. The fourth-order valence-corrected chi connectivity index (χ4v) is 4.54. The Bertz CT molecular complexity index is 937. The van der Waals surface area contributed by atoms with E-state index in [0.29, 0.717) is 43.9 Å². The Morgan fingerprint density at radius 1 is 1.26 bits per heavy atom. The molecule has 1 amide bonds. The first-order valence-electron chi connectivity index (χ1n) is 9.01. The molecule has 0 aliphatic carbocycles. The van der Waals surface area contributed by atoms with Crippen molar-refractivity contribution in [1.82, 2.24) is 19.2 Å². The minimum absolute atomic E-state index is 0.143. The van der Waals surface area contributed by atoms with Gasteiger partial charge < -0.3 is 14.3 Å². The lowest BCUT2D eigenvalue weighted by Gasteiger charge is -2.32. The third kappa shape index (κ3) is 4.24. The number of carbonyl (C=O) groups is 1. The summed E-state index contributed by atoms with van der Waals surface area (Å²) in [6, 6.07) is 3.83. The van der Waals surface area contributed by atoms with Crippen LogP contribution in [0, 0.1) is 20.8 Å². The molecule has 1 saturated heterocycles. The molecule has 148 valence electrons. The molecule has 0 bridgehead atoms. The largest absolute Gasteiger partial charge is 0.465 e. The third-order valence-electron chi connectivity index (χ3n) is 5.02. The number of amides is 1. The number of hydrogen-bond donors (Lipinski definition) is 1. The van der Waals surface area contributed by atoms with Crippen molar-refractivity contribution in [3.8, 4) is 0 Å². The number of rotatable bonds is 5. The summed E-state index contributed by atoms with van der Waals surface area (Å²) < 4.78 is 32.4. The number of nitrogens with zero attached hydrogens (tertiary/aromatic N) is 3. The van der Waals surface area contributed by atoms with Crippen LogP contribution >= 0.6 is 0 Å². The molecule has 3 heterocycles. The number of imidazole rings is 1. The van der Waals surface area contributed by atoms with Gasteiger partial charge in [-0.25, -0.2) is 17.7 Å². The minimum Gasteiger partial charge on any atom is -0.465 e. The van der Waals surface area contributed by atoms with E-state index in [2.05, 4.69) is 14.9 Å². The monoisotopic (exact) mass is 394 g/mol. The molecular weight excluding hydrogens is 368 g/mol. The van der Waals surface area contributed by atoms with Crippen LogP contribution < -0.4 is 5.32 Å². The first-order chi connectivity index (χ1) is 12.7. The summed E-state index contributed by atoms with van der Waals surface area (Å²) in [4.78, 5) is 17.0. The second-order valence-electron chi connectivity index (χ2n) is 7.05. The summed E-state index contributed by atoms with van der Waals surface area (Å²) in [5.41, 5.74) is 1.21. The highest BCUT2D eigenvalue weighted by Gasteiger charge is 2.29. The summed E-state index contributed by atoms with van der Waals surface area (Å²) in [6.45, 7) is 6.90. The number of furan rings is 1. The summed E-state index contributed by atoms with van der Waals surface area (Å²) >= 11 is 0. The fraction of sp³-hybridized carbons (Fsp3) is 0.556. The Hall–Kier alpha value is -2.13. The van der Waals surface area contributed by atoms with E-state index in [-0.39, 0.29) is 11.9 Å². The predicted molar refractivity (Wildman–Crippen MR) is 101 cm³/mol. The van der Waals surface area contributed by atoms with Gasteiger partial charge in [0.1, 0.15) is 23.0 Å². The van der Waals surface area contributed by atoms with Crippen molar-refractivity contribution < 1.29 is 17.6 Å². The lowest BCUT2D eigenvalue weighted by molar-refractivity contribution is 0.0942. The van der Waals surface area contributed by atoms with Crippen molar-refractivity contribution in [2.75, 3.05) is 19.3 Å². The van der Waals surface area contributed by atoms with Crippen molar-refractivity contribution in [2.45, 2.75) is 46.2 Å². The van der Waals surface area contributed by atoms with E-state index < -0.39 is 10.0 Å². The molecule has 1 N–H and O–H groups in total. The molecule has 1 fully saturated rings. The fourth-order valence-electron chi connectivity index (χ4n) is 3.67. The predicted octanol–water partition coefficient (Wildman–Crippen LogP) is 1.93. The standard InChI is InChI=1S/C18H26N4O4S/c1-12-5-6-16(26-12)11-19-18(23)17-13(2)22(14(3)20-17)15-7-9-21(10-8-15)27(4,24)25/h5-6,15H,7-11H2,1-4H3,(H,19,23). The quantitative estimate of drug-likeness (QED) is 0.836. The van der Waals surface area contributed by atoms with Crippen LogP contribution in [-0.2, 0) is 16.6 Å². The summed E-state index contributed by atoms with van der Waals surface area (Å²) in [5, 5.41) is 2.84. The number of nitrogens with one attached hydrogen (secondary N) is 1. The summed E-state index contributed by atoms with van der Waals surface area (Å²) in [7, 11) is -3.16. The van der Waals surface area contributed by atoms with Crippen LogP contribution in [0.2, 0.25) is 0 Å². The molecule has 2 aromatic rings. The Morgan fingerprint density at radius 2 is 1.93 bits per heavy atom. The van der Waals surface area contributed by atoms with Gasteiger partial charge >= 0.3 is 0 Å². The van der Waals surface area contributed by atoms with Gasteiger partial charge in [-0.3, -0.25) is 4.79 Å². The molecule has 9 heteroatoms. The van der Waals surface area contributed by atoms with Crippen molar-refractivity contribution in [3.63, 3.8) is 0 Å². The van der Waals surface area contributed by atoms with Gasteiger partial charge in [-0.05, 0) is 45.7 Å². The summed E-state index contributed by atoms with van der Waals surface area (Å²) in [6.07, 6.45) is 2.65. The van der Waals surface area contributed by atoms with Crippen LogP contribution in [-0.4, -0.2) is 47.5 Å². The average Bonchev–Trinajstić information content (AvgIpc) is 3.15. The topological polar surface area (TPSA) is 97.4 Å². The second kappa shape index (κ2) is 7.47. The van der Waals surface area contributed by atoms with E-state index in [4.69, 9.17) is 4.42 Å². The molecule has 0 saturated carbocycles. The summed E-state index contributed by atoms with van der Waals surface area (Å²) in [5.74, 6) is 2.03. The maximum absolute atomic E-state index is 12.6. The molecule has 1 aliphatic rings. The smallest absolute Gasteiger partial charge is 0.272 e. The van der Waals surface area contributed by atoms with E-state index in [9.17, 15) is 13.2 Å². The maximum atomic E-state index is 12.6. The molecule has 3 rings (SSSR count). The number of hydrogen-bond acceptors (Lipinski definition) is 5. The lowest BCUT2D eigenvalue weighted by atomic mass is 10.1. The highest BCUT2D eigenvalue weighted by molar-refractivity contribution is 7.88. The van der Waals surface area contributed by atoms with Gasteiger partial charge in [-0.1, -0.05) is 0 Å². The van der Waals surface area contributed by atoms with Crippen LogP contribution in [0.4, 0.5) is 0 Å². The van der Waals surface area contributed by atoms with Gasteiger partial charge in [0.25, 0.3) is 5.91 Å². The Balaban J connectivity index is 1.70. The molecule has 0 unspecified atom stereocenters. The Labute approximate surface area is 159 Å². The molecule has 0 atom stereocenters. The van der Waals surface area contributed by atoms with Crippen LogP contribution in [0.15, 0.2) is 16.5 Å². The lowest BCUT2D eigenvalue weighted by Crippen LogP contribution is -2.38. The Morgan fingerprint density at radius 3 is 2.48 bits per heavy atom. The van der Waals surface area contributed by atoms with Crippen LogP contribution in [0.5, 0.6) is 0 Å². The second-order valence-corrected chi connectivity index (χ2v) is 9.03. The van der Waals surface area contributed by atoms with Gasteiger partial charge in [-0.15, -0.1) is 0 Å². The van der Waals surface area contributed by atoms with Crippen LogP contribution in [0.25, 0.3) is 0 Å². The van der Waals surface area contributed by atoms with Crippen molar-refractivity contribution in [2.24, 2.45) is 0 Å². The molecule has 27 heavy (non-hydrogen) atoms. The normalized spacial score (nSPS) is 16.6. The van der Waals surface area contributed by atoms with Crippen molar-refractivity contribution in [3.05, 3.63) is 40.9 Å². The average molecular weight is 394 g/mol. The number of aryl methyl sites for hydroxylation is 2. The van der Waals surface area contributed by atoms with E-state index in [1.54, 1.807) is 0 Å². The van der Waals surface area contributed by atoms with Gasteiger partial charge in [0.15, 0.2) is 0 Å². The molecule has 8 nitrogen and oxygen atoms in total. The van der Waals surface area contributed by atoms with Gasteiger partial charge in [0.05, 0.1) is 12.8 Å². The highest BCUT2D eigenvalue weighted by Crippen LogP contribution is 2.28. The zero-order chi connectivity index (χ0) is 19.8. The Kier molecular flexibility index (Phi) is 5.43. The van der Waals surface area contributed by atoms with Gasteiger partial charge in [0.2, 0.25) is 10.0 Å². The first kappa shape index (κ1) is 19.6. The third-order valence-corrected chi connectivity index (χ3v) is 6.32. The zero-order valence-corrected chi connectivity index (χ0v) is 17.0. The number of aromatic nitrogens is 2. The van der Waals surface area contributed by atoms with Gasteiger partial charge in [-0.2, -0.15) is 0 Å². The number of sulfonamides is 1. The molecule has 1 aliphatic heterocycles. The maximum Gasteiger partial charge on any atom is 0.272 e. The van der Waals surface area contributed by atoms with E-state index >= 15 is 0 Å². The van der Waals surface area contributed by atoms with E-state index in [0.717, 1.165) is 17.3 Å². The molecule has 2 aromatic heterocycles. The van der Waals surface area contributed by atoms with Crippen LogP contribution in [0.3, 0.4) is 0 Å². The van der Waals surface area contributed by atoms with Gasteiger partial charge in [0, 0.05) is 24.8 Å². The minimum atomic E-state index is -3.16. The van der Waals surface area contributed by atoms with E-state index in [1.165, 1.54) is 10.6 Å². The molecular formula is C18H26N4O4S. The molecule has 0 aromatic carbocycles. The van der Waals surface area contributed by atoms with E-state index in [1.807, 2.05) is 32.9 Å².